The van der Waals surface area contributed by atoms with Gasteiger partial charge in [0, 0.05) is 13.2 Å². The molecule has 1 aromatic heterocycles. The Kier molecular flexibility index (Phi) is 4.35. The summed E-state index contributed by atoms with van der Waals surface area (Å²) in [5, 5.41) is 17.8. The lowest BCUT2D eigenvalue weighted by atomic mass is 10.2. The number of aryl methyl sites for hydroxylation is 1. The van der Waals surface area contributed by atoms with Crippen LogP contribution in [0.3, 0.4) is 0 Å². The van der Waals surface area contributed by atoms with Crippen molar-refractivity contribution in [1.82, 2.24) is 9.78 Å². The van der Waals surface area contributed by atoms with Gasteiger partial charge in [-0.3, -0.25) is 4.68 Å². The largest absolute Gasteiger partial charge is 0.478 e. The molecule has 9 heteroatoms. The molecule has 2 amide bonds. The monoisotopic (exact) mass is 328 g/mol. The van der Waals surface area contributed by atoms with E-state index < -0.39 is 12.0 Å². The molecule has 0 saturated carbocycles. The highest BCUT2D eigenvalue weighted by Gasteiger charge is 2.14. The Morgan fingerprint density at radius 3 is 2.33 bits per heavy atom. The molecule has 2 rings (SSSR count). The Labute approximate surface area is 129 Å². The number of nitrogens with one attached hydrogen (secondary N) is 2. The van der Waals surface area contributed by atoms with E-state index in [4.69, 9.17) is 28.3 Å². The van der Waals surface area contributed by atoms with Crippen molar-refractivity contribution in [3.8, 4) is 0 Å². The summed E-state index contributed by atoms with van der Waals surface area (Å²) in [6, 6.07) is 1.83. The molecular formula is C12H10Cl2N4O3. The molecule has 1 aromatic carbocycles. The third kappa shape index (κ3) is 3.65. The van der Waals surface area contributed by atoms with Crippen LogP contribution in [0, 0.1) is 0 Å². The minimum atomic E-state index is -1.16. The van der Waals surface area contributed by atoms with E-state index in [1.807, 2.05) is 0 Å². The van der Waals surface area contributed by atoms with Crippen molar-refractivity contribution in [2.24, 2.45) is 7.05 Å². The number of carboxylic acid groups (broad SMARTS) is 1. The van der Waals surface area contributed by atoms with Gasteiger partial charge in [0.15, 0.2) is 0 Å². The Balaban J connectivity index is 2.15. The molecular weight excluding hydrogens is 319 g/mol. The second-order valence-corrected chi connectivity index (χ2v) is 4.92. The second-order valence-electron chi connectivity index (χ2n) is 4.10. The number of carboxylic acids is 1. The van der Waals surface area contributed by atoms with Gasteiger partial charge in [-0.15, -0.1) is 0 Å². The number of aromatic carboxylic acids is 1. The summed E-state index contributed by atoms with van der Waals surface area (Å²) in [5.41, 5.74) is 0.553. The third-order valence-electron chi connectivity index (χ3n) is 2.49. The number of nitrogens with zero attached hydrogens (tertiary/aromatic N) is 2. The summed E-state index contributed by atoms with van der Waals surface area (Å²) in [4.78, 5) is 22.7. The third-order valence-corrected chi connectivity index (χ3v) is 3.09. The van der Waals surface area contributed by atoms with Crippen molar-refractivity contribution in [1.29, 1.82) is 0 Å². The molecule has 3 N–H and O–H groups in total. The zero-order chi connectivity index (χ0) is 15.6. The highest BCUT2D eigenvalue weighted by atomic mass is 35.5. The average Bonchev–Trinajstić information content (AvgIpc) is 2.78. The van der Waals surface area contributed by atoms with E-state index in [2.05, 4.69) is 15.7 Å². The fourth-order valence-electron chi connectivity index (χ4n) is 1.58. The standard InChI is InChI=1S/C12H10Cl2N4O3/c1-18-5-7(4-15-18)16-12(21)17-10-8(13)2-6(11(19)20)3-9(10)14/h2-5H,1H3,(H,19,20)(H2,16,17,21). The molecule has 0 aliphatic rings. The smallest absolute Gasteiger partial charge is 0.335 e. The van der Waals surface area contributed by atoms with Gasteiger partial charge in [0.2, 0.25) is 0 Å². The SMILES string of the molecule is Cn1cc(NC(=O)Nc2c(Cl)cc(C(=O)O)cc2Cl)cn1. The van der Waals surface area contributed by atoms with E-state index in [0.29, 0.717) is 5.69 Å². The van der Waals surface area contributed by atoms with Gasteiger partial charge in [-0.1, -0.05) is 23.2 Å². The second kappa shape index (κ2) is 6.02. The lowest BCUT2D eigenvalue weighted by molar-refractivity contribution is 0.0697. The number of anilines is 2. The van der Waals surface area contributed by atoms with Crippen LogP contribution in [0.5, 0.6) is 0 Å². The van der Waals surface area contributed by atoms with Gasteiger partial charge in [-0.05, 0) is 12.1 Å². The van der Waals surface area contributed by atoms with E-state index >= 15 is 0 Å². The van der Waals surface area contributed by atoms with Crippen LogP contribution in [0.1, 0.15) is 10.4 Å². The topological polar surface area (TPSA) is 96.2 Å². The number of urea groups is 1. The maximum atomic E-state index is 11.8. The first-order valence-corrected chi connectivity index (χ1v) is 6.41. The van der Waals surface area contributed by atoms with E-state index in [9.17, 15) is 9.59 Å². The lowest BCUT2D eigenvalue weighted by Crippen LogP contribution is -2.19. The fourth-order valence-corrected chi connectivity index (χ4v) is 2.16. The number of amides is 2. The minimum absolute atomic E-state index is 0.0289. The number of hydrogen-bond acceptors (Lipinski definition) is 3. The van der Waals surface area contributed by atoms with Crippen LogP contribution in [0.4, 0.5) is 16.2 Å². The number of rotatable bonds is 3. The first-order chi connectivity index (χ1) is 9.86. The molecule has 21 heavy (non-hydrogen) atoms. The molecule has 0 spiro atoms. The molecule has 0 aliphatic heterocycles. The Morgan fingerprint density at radius 2 is 1.86 bits per heavy atom. The van der Waals surface area contributed by atoms with Gasteiger partial charge in [0.05, 0.1) is 33.2 Å². The van der Waals surface area contributed by atoms with Crippen LogP contribution in [-0.4, -0.2) is 26.9 Å². The molecule has 0 aliphatic carbocycles. The van der Waals surface area contributed by atoms with Crippen molar-refractivity contribution in [2.45, 2.75) is 0 Å². The van der Waals surface area contributed by atoms with E-state index in [1.165, 1.54) is 23.0 Å². The molecule has 0 saturated heterocycles. The number of benzene rings is 1. The quantitative estimate of drug-likeness (QED) is 0.806. The fraction of sp³-hybridized carbons (Fsp3) is 0.0833. The molecule has 7 nitrogen and oxygen atoms in total. The lowest BCUT2D eigenvalue weighted by Gasteiger charge is -2.10. The number of hydrogen-bond donors (Lipinski definition) is 3. The van der Waals surface area contributed by atoms with Gasteiger partial charge < -0.3 is 15.7 Å². The Morgan fingerprint density at radius 1 is 1.24 bits per heavy atom. The molecule has 110 valence electrons. The minimum Gasteiger partial charge on any atom is -0.478 e. The van der Waals surface area contributed by atoms with E-state index in [1.54, 1.807) is 13.2 Å². The zero-order valence-corrected chi connectivity index (χ0v) is 12.2. The number of carbonyl (C=O) groups is 2. The number of aromatic nitrogens is 2. The van der Waals surface area contributed by atoms with Gasteiger partial charge in [-0.25, -0.2) is 9.59 Å². The molecule has 2 aromatic rings. The predicted octanol–water partition coefficient (Wildman–Crippen LogP) is 3.07. The zero-order valence-electron chi connectivity index (χ0n) is 10.7. The van der Waals surface area contributed by atoms with E-state index in [-0.39, 0.29) is 21.3 Å². The van der Waals surface area contributed by atoms with Crippen molar-refractivity contribution < 1.29 is 14.7 Å². The molecule has 0 bridgehead atoms. The number of carbonyl (C=O) groups excluding carboxylic acids is 1. The summed E-state index contributed by atoms with van der Waals surface area (Å²) < 4.78 is 1.53. The van der Waals surface area contributed by atoms with Gasteiger partial charge in [0.25, 0.3) is 0 Å². The summed E-state index contributed by atoms with van der Waals surface area (Å²) in [6.07, 6.45) is 3.08. The summed E-state index contributed by atoms with van der Waals surface area (Å²) in [7, 11) is 1.71. The average molecular weight is 329 g/mol. The number of halogens is 2. The Hall–Kier alpha value is -2.25. The molecule has 0 unspecified atom stereocenters. The molecule has 1 heterocycles. The Bertz CT molecular complexity index is 691. The van der Waals surface area contributed by atoms with Crippen molar-refractivity contribution in [2.75, 3.05) is 10.6 Å². The molecule has 0 atom stereocenters. The normalized spacial score (nSPS) is 10.2. The van der Waals surface area contributed by atoms with Crippen molar-refractivity contribution in [3.05, 3.63) is 40.1 Å². The first kappa shape index (κ1) is 15.1. The summed E-state index contributed by atoms with van der Waals surface area (Å²) >= 11 is 11.8. The van der Waals surface area contributed by atoms with Crippen LogP contribution < -0.4 is 10.6 Å². The highest BCUT2D eigenvalue weighted by Crippen LogP contribution is 2.32. The van der Waals surface area contributed by atoms with Crippen LogP contribution in [0.2, 0.25) is 10.0 Å². The molecule has 0 radical (unpaired) electrons. The van der Waals surface area contributed by atoms with Crippen LogP contribution in [-0.2, 0) is 7.05 Å². The highest BCUT2D eigenvalue weighted by molar-refractivity contribution is 6.40. The summed E-state index contributed by atoms with van der Waals surface area (Å²) in [6.45, 7) is 0. The van der Waals surface area contributed by atoms with Crippen LogP contribution in [0.15, 0.2) is 24.5 Å². The van der Waals surface area contributed by atoms with E-state index in [0.717, 1.165) is 0 Å². The molecule has 0 fully saturated rings. The van der Waals surface area contributed by atoms with Crippen molar-refractivity contribution >= 4 is 46.6 Å². The van der Waals surface area contributed by atoms with Crippen molar-refractivity contribution in [3.63, 3.8) is 0 Å². The van der Waals surface area contributed by atoms with Crippen LogP contribution >= 0.6 is 23.2 Å². The predicted molar refractivity (Wildman–Crippen MR) is 79.3 cm³/mol. The maximum Gasteiger partial charge on any atom is 0.335 e. The van der Waals surface area contributed by atoms with Crippen LogP contribution in [0.25, 0.3) is 0 Å². The summed E-state index contributed by atoms with van der Waals surface area (Å²) in [5.74, 6) is -1.16. The maximum absolute atomic E-state index is 11.8. The van der Waals surface area contributed by atoms with Gasteiger partial charge in [0.1, 0.15) is 0 Å². The van der Waals surface area contributed by atoms with Gasteiger partial charge >= 0.3 is 12.0 Å². The van der Waals surface area contributed by atoms with Gasteiger partial charge in [-0.2, -0.15) is 5.10 Å². The first-order valence-electron chi connectivity index (χ1n) is 5.66.